The molecule has 0 bridgehead atoms. The van der Waals surface area contributed by atoms with E-state index in [-0.39, 0.29) is 30.9 Å². The molecule has 4 rings (SSSR count). The number of hydrogen-bond donors (Lipinski definition) is 0. The van der Waals surface area contributed by atoms with Crippen molar-refractivity contribution in [3.63, 3.8) is 0 Å². The third kappa shape index (κ3) is 8.60. The summed E-state index contributed by atoms with van der Waals surface area (Å²) in [4.78, 5) is 0. The number of benzene rings is 2. The quantitative estimate of drug-likeness (QED) is 0.563. The van der Waals surface area contributed by atoms with Crippen LogP contribution in [0, 0.1) is 5.41 Å². The van der Waals surface area contributed by atoms with Gasteiger partial charge in [-0.15, -0.1) is 0 Å². The van der Waals surface area contributed by atoms with Crippen LogP contribution >= 0.6 is 0 Å². The minimum absolute atomic E-state index is 0.144. The van der Waals surface area contributed by atoms with Gasteiger partial charge in [0, 0.05) is 18.6 Å². The molecular weight excluding hydrogens is 410 g/mol. The molecule has 0 atom stereocenters. The first-order valence-electron chi connectivity index (χ1n) is 12.3. The second kappa shape index (κ2) is 13.3. The zero-order chi connectivity index (χ0) is 25.1. The lowest BCUT2D eigenvalue weighted by Gasteiger charge is -2.33. The summed E-state index contributed by atoms with van der Waals surface area (Å²) < 4.78 is 23.2. The normalized spacial score (nSPS) is 19.7. The van der Waals surface area contributed by atoms with Gasteiger partial charge in [0.2, 0.25) is 0 Å². The molecule has 0 saturated carbocycles. The lowest BCUT2D eigenvalue weighted by Crippen LogP contribution is -2.47. The summed E-state index contributed by atoms with van der Waals surface area (Å²) in [7, 11) is -0.416. The molecule has 0 unspecified atom stereocenters. The highest BCUT2D eigenvalue weighted by atomic mass is 16.7. The van der Waals surface area contributed by atoms with Gasteiger partial charge in [0.1, 0.15) is 0 Å². The van der Waals surface area contributed by atoms with Gasteiger partial charge in [0.25, 0.3) is 0 Å². The van der Waals surface area contributed by atoms with Crippen LogP contribution in [-0.4, -0.2) is 38.7 Å². The SMILES string of the molecule is CC.CC.CC1(C)COB(c2ccccc2)OC1.CC1(C)OB(c2ccccc2)OC1(C)C. The summed E-state index contributed by atoms with van der Waals surface area (Å²) in [6, 6.07) is 20.1. The highest BCUT2D eigenvalue weighted by Crippen LogP contribution is 2.36. The first-order valence-corrected chi connectivity index (χ1v) is 12.3. The molecule has 0 aromatic heterocycles. The minimum atomic E-state index is -0.256. The monoisotopic (exact) mass is 454 g/mol. The number of hydrogen-bond acceptors (Lipinski definition) is 4. The third-order valence-corrected chi connectivity index (χ3v) is 5.65. The van der Waals surface area contributed by atoms with Crippen molar-refractivity contribution in [3.8, 4) is 0 Å². The first-order chi connectivity index (χ1) is 15.6. The van der Waals surface area contributed by atoms with Crippen LogP contribution in [-0.2, 0) is 18.6 Å². The van der Waals surface area contributed by atoms with E-state index in [0.29, 0.717) is 0 Å². The van der Waals surface area contributed by atoms with Gasteiger partial charge >= 0.3 is 14.2 Å². The molecule has 2 aromatic carbocycles. The van der Waals surface area contributed by atoms with E-state index in [1.807, 2.05) is 88.4 Å². The fourth-order valence-electron chi connectivity index (χ4n) is 3.08. The molecule has 182 valence electrons. The zero-order valence-corrected chi connectivity index (χ0v) is 22.5. The third-order valence-electron chi connectivity index (χ3n) is 5.65. The average molecular weight is 454 g/mol. The topological polar surface area (TPSA) is 36.9 Å². The first kappa shape index (κ1) is 29.4. The molecular formula is C27H44B2O4. The van der Waals surface area contributed by atoms with Gasteiger partial charge in [-0.25, -0.2) is 0 Å². The van der Waals surface area contributed by atoms with Crippen molar-refractivity contribution >= 4 is 25.2 Å². The van der Waals surface area contributed by atoms with E-state index in [4.69, 9.17) is 18.6 Å². The van der Waals surface area contributed by atoms with Crippen LogP contribution in [0.2, 0.25) is 0 Å². The summed E-state index contributed by atoms with van der Waals surface area (Å²) in [5.41, 5.74) is 1.81. The largest absolute Gasteiger partial charge is 0.494 e. The van der Waals surface area contributed by atoms with Crippen LogP contribution in [0.15, 0.2) is 60.7 Å². The maximum atomic E-state index is 5.93. The Labute approximate surface area is 203 Å². The Balaban J connectivity index is 0.000000288. The fraction of sp³-hybridized carbons (Fsp3) is 0.556. The predicted molar refractivity (Wildman–Crippen MR) is 142 cm³/mol. The Hall–Kier alpha value is -1.59. The van der Waals surface area contributed by atoms with Crippen LogP contribution in [0.5, 0.6) is 0 Å². The van der Waals surface area contributed by atoms with Crippen LogP contribution < -0.4 is 10.9 Å². The van der Waals surface area contributed by atoms with E-state index in [9.17, 15) is 0 Å². The van der Waals surface area contributed by atoms with Crippen molar-refractivity contribution in [1.82, 2.24) is 0 Å². The fourth-order valence-corrected chi connectivity index (χ4v) is 3.08. The number of rotatable bonds is 2. The van der Waals surface area contributed by atoms with E-state index >= 15 is 0 Å². The molecule has 6 heteroatoms. The standard InChI is InChI=1S/C12H17BO2.C11H15BO2.2C2H6/c1-11(2)12(3,4)15-13(14-11)10-8-6-5-7-9-10;1-11(2)8-13-12(14-9-11)10-6-4-3-5-7-10;2*1-2/h5-9H,1-4H3;3-7H,8-9H2,1-2H3;2*1-2H3. The van der Waals surface area contributed by atoms with E-state index in [1.165, 1.54) is 0 Å². The van der Waals surface area contributed by atoms with Gasteiger partial charge in [-0.3, -0.25) is 0 Å². The summed E-state index contributed by atoms with van der Waals surface area (Å²) in [5.74, 6) is 0. The zero-order valence-electron chi connectivity index (χ0n) is 22.5. The van der Waals surface area contributed by atoms with Crippen molar-refractivity contribution in [2.45, 2.75) is 80.4 Å². The van der Waals surface area contributed by atoms with Gasteiger partial charge < -0.3 is 18.6 Å². The van der Waals surface area contributed by atoms with E-state index in [0.717, 1.165) is 24.1 Å². The molecule has 2 fully saturated rings. The Morgan fingerprint density at radius 2 is 0.879 bits per heavy atom. The average Bonchev–Trinajstić information content (AvgIpc) is 3.05. The van der Waals surface area contributed by atoms with Crippen LogP contribution in [0.25, 0.3) is 0 Å². The van der Waals surface area contributed by atoms with Gasteiger partial charge in [-0.2, -0.15) is 0 Å². The van der Waals surface area contributed by atoms with Crippen LogP contribution in [0.1, 0.15) is 69.2 Å². The Bertz CT molecular complexity index is 753. The molecule has 33 heavy (non-hydrogen) atoms. The minimum Gasteiger partial charge on any atom is -0.407 e. The smallest absolute Gasteiger partial charge is 0.407 e. The van der Waals surface area contributed by atoms with Gasteiger partial charge in [-0.05, 0) is 38.6 Å². The highest BCUT2D eigenvalue weighted by Gasteiger charge is 2.51. The van der Waals surface area contributed by atoms with E-state index < -0.39 is 0 Å². The van der Waals surface area contributed by atoms with Crippen molar-refractivity contribution in [3.05, 3.63) is 60.7 Å². The second-order valence-electron chi connectivity index (χ2n) is 9.53. The molecule has 0 N–H and O–H groups in total. The van der Waals surface area contributed by atoms with Crippen molar-refractivity contribution < 1.29 is 18.6 Å². The van der Waals surface area contributed by atoms with Crippen molar-refractivity contribution in [2.75, 3.05) is 13.2 Å². The van der Waals surface area contributed by atoms with Crippen molar-refractivity contribution in [2.24, 2.45) is 5.41 Å². The molecule has 0 radical (unpaired) electrons. The molecule has 0 amide bonds. The maximum absolute atomic E-state index is 5.93. The molecule has 0 spiro atoms. The molecule has 0 aliphatic carbocycles. The molecule has 4 nitrogen and oxygen atoms in total. The lowest BCUT2D eigenvalue weighted by molar-refractivity contribution is 0.00578. The van der Waals surface area contributed by atoms with Crippen LogP contribution in [0.4, 0.5) is 0 Å². The summed E-state index contributed by atoms with van der Waals surface area (Å²) >= 11 is 0. The Morgan fingerprint density at radius 3 is 1.24 bits per heavy atom. The second-order valence-corrected chi connectivity index (χ2v) is 9.53. The molecule has 2 saturated heterocycles. The van der Waals surface area contributed by atoms with Gasteiger partial charge in [-0.1, -0.05) is 102 Å². The Morgan fingerprint density at radius 1 is 0.545 bits per heavy atom. The molecule has 2 aliphatic heterocycles. The van der Waals surface area contributed by atoms with E-state index in [1.54, 1.807) is 0 Å². The maximum Gasteiger partial charge on any atom is 0.494 e. The molecule has 2 aromatic rings. The van der Waals surface area contributed by atoms with Crippen molar-refractivity contribution in [1.29, 1.82) is 0 Å². The van der Waals surface area contributed by atoms with Gasteiger partial charge in [0.05, 0.1) is 11.2 Å². The van der Waals surface area contributed by atoms with Gasteiger partial charge in [0.15, 0.2) is 0 Å². The molecule has 2 heterocycles. The summed E-state index contributed by atoms with van der Waals surface area (Å²) in [5, 5.41) is 0. The molecule has 2 aliphatic rings. The Kier molecular flexibility index (Phi) is 11.9. The van der Waals surface area contributed by atoms with E-state index in [2.05, 4.69) is 41.5 Å². The van der Waals surface area contributed by atoms with Crippen LogP contribution in [0.3, 0.4) is 0 Å². The predicted octanol–water partition coefficient (Wildman–Crippen LogP) is 5.49. The highest BCUT2D eigenvalue weighted by molar-refractivity contribution is 6.62. The summed E-state index contributed by atoms with van der Waals surface area (Å²) in [6.07, 6.45) is 0. The lowest BCUT2D eigenvalue weighted by atomic mass is 9.76. The summed E-state index contributed by atoms with van der Waals surface area (Å²) in [6.45, 7) is 22.1.